The van der Waals surface area contributed by atoms with Crippen LogP contribution in [0.25, 0.3) is 0 Å². The number of carbonyl (C=O) groups excluding carboxylic acids is 2. The molecular weight excluding hydrogens is 326 g/mol. The maximum absolute atomic E-state index is 12.2. The molecule has 3 N–H and O–H groups in total. The monoisotopic (exact) mass is 351 g/mol. The second-order valence-electron chi connectivity index (χ2n) is 5.72. The number of anilines is 1. The molecule has 2 rings (SSSR count). The standard InChI is InChI=1S/C17H25N3O5/c1-2-25-15-5-3-14(4-6-15)20-12-13(11-16(20)23)18-17(24)19(7-9-21)8-10-22/h3-6,13,21-22H,2,7-12H2,1H3,(H,18,24)/t13-/m1/s1. The van der Waals surface area contributed by atoms with Gasteiger partial charge in [0.25, 0.3) is 0 Å². The smallest absolute Gasteiger partial charge is 0.317 e. The fraction of sp³-hybridized carbons (Fsp3) is 0.529. The normalized spacial score (nSPS) is 16.8. The third-order valence-corrected chi connectivity index (χ3v) is 3.94. The molecule has 0 aromatic heterocycles. The van der Waals surface area contributed by atoms with E-state index in [2.05, 4.69) is 5.32 Å². The van der Waals surface area contributed by atoms with Crippen LogP contribution in [0, 0.1) is 0 Å². The van der Waals surface area contributed by atoms with Crippen LogP contribution in [0.5, 0.6) is 5.75 Å². The number of amides is 3. The first kappa shape index (κ1) is 19.0. The van der Waals surface area contributed by atoms with E-state index in [1.165, 1.54) is 4.90 Å². The van der Waals surface area contributed by atoms with Crippen LogP contribution in [0.4, 0.5) is 10.5 Å². The number of nitrogens with one attached hydrogen (secondary N) is 1. The maximum Gasteiger partial charge on any atom is 0.317 e. The number of nitrogens with zero attached hydrogens (tertiary/aromatic N) is 2. The van der Waals surface area contributed by atoms with Crippen molar-refractivity contribution in [2.75, 3.05) is 44.4 Å². The van der Waals surface area contributed by atoms with Gasteiger partial charge in [-0.2, -0.15) is 0 Å². The van der Waals surface area contributed by atoms with Crippen LogP contribution in [0.15, 0.2) is 24.3 Å². The predicted octanol–water partition coefficient (Wildman–Crippen LogP) is 0.187. The summed E-state index contributed by atoms with van der Waals surface area (Å²) in [5.41, 5.74) is 0.757. The number of aliphatic hydroxyl groups excluding tert-OH is 2. The molecule has 1 heterocycles. The molecule has 1 aliphatic heterocycles. The molecule has 1 aromatic rings. The molecule has 8 nitrogen and oxygen atoms in total. The van der Waals surface area contributed by atoms with Crippen LogP contribution < -0.4 is 15.0 Å². The summed E-state index contributed by atoms with van der Waals surface area (Å²) in [7, 11) is 0. The van der Waals surface area contributed by atoms with Crippen molar-refractivity contribution in [1.29, 1.82) is 0 Å². The fourth-order valence-corrected chi connectivity index (χ4v) is 2.77. The van der Waals surface area contributed by atoms with Gasteiger partial charge in [0.2, 0.25) is 5.91 Å². The minimum atomic E-state index is -0.394. The summed E-state index contributed by atoms with van der Waals surface area (Å²) in [4.78, 5) is 27.4. The molecule has 0 radical (unpaired) electrons. The molecule has 0 bridgehead atoms. The Kier molecular flexibility index (Phi) is 7.03. The largest absolute Gasteiger partial charge is 0.494 e. The molecule has 1 aromatic carbocycles. The summed E-state index contributed by atoms with van der Waals surface area (Å²) in [5.74, 6) is 0.678. The molecule has 0 spiro atoms. The topological polar surface area (TPSA) is 102 Å². The van der Waals surface area contributed by atoms with Gasteiger partial charge in [-0.25, -0.2) is 4.79 Å². The maximum atomic E-state index is 12.2. The lowest BCUT2D eigenvalue weighted by Gasteiger charge is -2.23. The number of hydrogen-bond donors (Lipinski definition) is 3. The molecule has 1 saturated heterocycles. The molecule has 0 unspecified atom stereocenters. The van der Waals surface area contributed by atoms with E-state index in [1.54, 1.807) is 4.90 Å². The van der Waals surface area contributed by atoms with E-state index >= 15 is 0 Å². The number of benzene rings is 1. The van der Waals surface area contributed by atoms with Gasteiger partial charge in [-0.05, 0) is 31.2 Å². The summed E-state index contributed by atoms with van der Waals surface area (Å²) in [6.45, 7) is 2.76. The van der Waals surface area contributed by atoms with Gasteiger partial charge >= 0.3 is 6.03 Å². The molecule has 0 saturated carbocycles. The quantitative estimate of drug-likeness (QED) is 0.620. The molecule has 0 aliphatic carbocycles. The molecule has 25 heavy (non-hydrogen) atoms. The Morgan fingerprint density at radius 3 is 2.48 bits per heavy atom. The number of ether oxygens (including phenoxy) is 1. The van der Waals surface area contributed by atoms with Crippen LogP contribution in [0.1, 0.15) is 13.3 Å². The van der Waals surface area contributed by atoms with Gasteiger partial charge in [-0.15, -0.1) is 0 Å². The number of rotatable bonds is 8. The van der Waals surface area contributed by atoms with Crippen molar-refractivity contribution in [3.8, 4) is 5.75 Å². The molecule has 1 fully saturated rings. The first-order chi connectivity index (χ1) is 12.1. The number of urea groups is 1. The van der Waals surface area contributed by atoms with Crippen molar-refractivity contribution >= 4 is 17.6 Å². The van der Waals surface area contributed by atoms with Gasteiger partial charge in [0.1, 0.15) is 5.75 Å². The molecule has 8 heteroatoms. The Morgan fingerprint density at radius 2 is 1.92 bits per heavy atom. The highest BCUT2D eigenvalue weighted by Gasteiger charge is 2.32. The van der Waals surface area contributed by atoms with E-state index in [4.69, 9.17) is 14.9 Å². The van der Waals surface area contributed by atoms with Gasteiger partial charge < -0.3 is 30.1 Å². The highest BCUT2D eigenvalue weighted by molar-refractivity contribution is 5.96. The van der Waals surface area contributed by atoms with Gasteiger partial charge in [-0.1, -0.05) is 0 Å². The van der Waals surface area contributed by atoms with Crippen molar-refractivity contribution in [2.24, 2.45) is 0 Å². The zero-order chi connectivity index (χ0) is 18.2. The Labute approximate surface area is 147 Å². The summed E-state index contributed by atoms with van der Waals surface area (Å²) in [6, 6.07) is 6.54. The van der Waals surface area contributed by atoms with E-state index < -0.39 is 6.03 Å². The van der Waals surface area contributed by atoms with E-state index in [1.807, 2.05) is 31.2 Å². The molecule has 1 aliphatic rings. The van der Waals surface area contributed by atoms with Crippen LogP contribution in [0.2, 0.25) is 0 Å². The van der Waals surface area contributed by atoms with Crippen LogP contribution in [0.3, 0.4) is 0 Å². The van der Waals surface area contributed by atoms with Gasteiger partial charge in [0.15, 0.2) is 0 Å². The molecule has 1 atom stereocenters. The lowest BCUT2D eigenvalue weighted by molar-refractivity contribution is -0.117. The second-order valence-corrected chi connectivity index (χ2v) is 5.72. The zero-order valence-electron chi connectivity index (χ0n) is 14.4. The Balaban J connectivity index is 1.96. The minimum absolute atomic E-state index is 0.0645. The minimum Gasteiger partial charge on any atom is -0.494 e. The molecular formula is C17H25N3O5. The van der Waals surface area contributed by atoms with Gasteiger partial charge in [0.05, 0.1) is 25.9 Å². The molecule has 138 valence electrons. The SMILES string of the molecule is CCOc1ccc(N2C[C@H](NC(=O)N(CCO)CCO)CC2=O)cc1. The Morgan fingerprint density at radius 1 is 1.28 bits per heavy atom. The van der Waals surface area contributed by atoms with Crippen molar-refractivity contribution in [2.45, 2.75) is 19.4 Å². The van der Waals surface area contributed by atoms with E-state index in [9.17, 15) is 9.59 Å². The lowest BCUT2D eigenvalue weighted by atomic mass is 10.2. The van der Waals surface area contributed by atoms with Crippen molar-refractivity contribution in [3.05, 3.63) is 24.3 Å². The van der Waals surface area contributed by atoms with Crippen LogP contribution >= 0.6 is 0 Å². The second kappa shape index (κ2) is 9.24. The van der Waals surface area contributed by atoms with E-state index in [0.717, 1.165) is 11.4 Å². The first-order valence-corrected chi connectivity index (χ1v) is 8.39. The summed E-state index contributed by atoms with van der Waals surface area (Å²) >= 11 is 0. The summed E-state index contributed by atoms with van der Waals surface area (Å²) < 4.78 is 5.39. The average molecular weight is 351 g/mol. The Bertz CT molecular complexity index is 572. The zero-order valence-corrected chi connectivity index (χ0v) is 14.4. The number of aliphatic hydroxyl groups is 2. The first-order valence-electron chi connectivity index (χ1n) is 8.39. The van der Waals surface area contributed by atoms with E-state index in [-0.39, 0.29) is 44.7 Å². The highest BCUT2D eigenvalue weighted by atomic mass is 16.5. The fourth-order valence-electron chi connectivity index (χ4n) is 2.77. The third-order valence-electron chi connectivity index (χ3n) is 3.94. The predicted molar refractivity (Wildman–Crippen MR) is 92.6 cm³/mol. The van der Waals surface area contributed by atoms with Crippen LogP contribution in [-0.4, -0.2) is 72.5 Å². The number of carbonyl (C=O) groups is 2. The van der Waals surface area contributed by atoms with Crippen molar-refractivity contribution in [1.82, 2.24) is 10.2 Å². The number of hydrogen-bond acceptors (Lipinski definition) is 5. The Hall–Kier alpha value is -2.32. The van der Waals surface area contributed by atoms with Crippen molar-refractivity contribution < 1.29 is 24.5 Å². The molecule has 3 amide bonds. The lowest BCUT2D eigenvalue weighted by Crippen LogP contribution is -2.47. The van der Waals surface area contributed by atoms with Crippen LogP contribution in [-0.2, 0) is 4.79 Å². The van der Waals surface area contributed by atoms with E-state index in [0.29, 0.717) is 13.2 Å². The van der Waals surface area contributed by atoms with Gasteiger partial charge in [0, 0.05) is 31.7 Å². The summed E-state index contributed by atoms with van der Waals surface area (Å²) in [5, 5.41) is 20.8. The third kappa shape index (κ3) is 5.07. The average Bonchev–Trinajstić information content (AvgIpc) is 2.96. The summed E-state index contributed by atoms with van der Waals surface area (Å²) in [6.07, 6.45) is 0.213. The van der Waals surface area contributed by atoms with Crippen molar-refractivity contribution in [3.63, 3.8) is 0 Å². The van der Waals surface area contributed by atoms with Gasteiger partial charge in [-0.3, -0.25) is 4.79 Å². The highest BCUT2D eigenvalue weighted by Crippen LogP contribution is 2.24.